The SMILES string of the molecule is COc1ccc(OCCN2C(=O)C(O)=C(C(=O)c3cc4cc(Cl)ccc4o3)C2c2ccc(OC)cc2)cc1. The van der Waals surface area contributed by atoms with Gasteiger partial charge in [-0.2, -0.15) is 0 Å². The van der Waals surface area contributed by atoms with Crippen LogP contribution >= 0.6 is 11.6 Å². The average Bonchev–Trinajstić information content (AvgIpc) is 3.47. The van der Waals surface area contributed by atoms with Gasteiger partial charge in [0.05, 0.1) is 32.4 Å². The second-order valence-electron chi connectivity index (χ2n) is 8.58. The second kappa shape index (κ2) is 10.5. The van der Waals surface area contributed by atoms with Gasteiger partial charge in [-0.05, 0) is 66.2 Å². The summed E-state index contributed by atoms with van der Waals surface area (Å²) in [6.45, 7) is 0.237. The maximum atomic E-state index is 13.7. The summed E-state index contributed by atoms with van der Waals surface area (Å²) in [5, 5.41) is 12.0. The number of fused-ring (bicyclic) bond motifs is 1. The number of aliphatic hydroxyl groups excluding tert-OH is 1. The van der Waals surface area contributed by atoms with Gasteiger partial charge in [-0.15, -0.1) is 0 Å². The van der Waals surface area contributed by atoms with Gasteiger partial charge in [-0.3, -0.25) is 9.59 Å². The van der Waals surface area contributed by atoms with E-state index in [1.165, 1.54) is 4.90 Å². The number of ketones is 1. The third-order valence-electron chi connectivity index (χ3n) is 6.34. The first-order valence-electron chi connectivity index (χ1n) is 11.8. The van der Waals surface area contributed by atoms with E-state index in [0.717, 1.165) is 0 Å². The fourth-order valence-electron chi connectivity index (χ4n) is 4.44. The van der Waals surface area contributed by atoms with Crippen LogP contribution in [0.15, 0.2) is 88.5 Å². The normalized spacial score (nSPS) is 15.3. The van der Waals surface area contributed by atoms with Gasteiger partial charge in [-0.25, -0.2) is 0 Å². The van der Waals surface area contributed by atoms with Crippen LogP contribution in [0, 0.1) is 0 Å². The van der Waals surface area contributed by atoms with E-state index in [-0.39, 0.29) is 24.5 Å². The summed E-state index contributed by atoms with van der Waals surface area (Å²) in [5.41, 5.74) is 1.01. The molecule has 1 aromatic heterocycles. The molecule has 0 saturated heterocycles. The molecule has 2 heterocycles. The van der Waals surface area contributed by atoms with Crippen molar-refractivity contribution in [3.8, 4) is 17.2 Å². The quantitative estimate of drug-likeness (QED) is 0.273. The van der Waals surface area contributed by atoms with Crippen LogP contribution in [0.5, 0.6) is 17.2 Å². The number of rotatable bonds is 9. The number of aliphatic hydroxyl groups is 1. The molecule has 1 aliphatic rings. The molecule has 38 heavy (non-hydrogen) atoms. The van der Waals surface area contributed by atoms with E-state index >= 15 is 0 Å². The van der Waals surface area contributed by atoms with Crippen LogP contribution < -0.4 is 14.2 Å². The van der Waals surface area contributed by atoms with E-state index in [1.807, 2.05) is 0 Å². The van der Waals surface area contributed by atoms with E-state index in [0.29, 0.717) is 38.8 Å². The first-order chi connectivity index (χ1) is 18.4. The van der Waals surface area contributed by atoms with E-state index in [1.54, 1.807) is 87.0 Å². The molecule has 0 spiro atoms. The molecule has 0 radical (unpaired) electrons. The lowest BCUT2D eigenvalue weighted by molar-refractivity contribution is -0.129. The first-order valence-corrected chi connectivity index (χ1v) is 12.2. The monoisotopic (exact) mass is 533 g/mol. The molecule has 1 aliphatic heterocycles. The molecular formula is C29H24ClNO7. The highest BCUT2D eigenvalue weighted by Gasteiger charge is 2.44. The molecular weight excluding hydrogens is 510 g/mol. The highest BCUT2D eigenvalue weighted by atomic mass is 35.5. The zero-order chi connectivity index (χ0) is 26.8. The number of amides is 1. The molecule has 1 atom stereocenters. The van der Waals surface area contributed by atoms with Crippen LogP contribution in [0.25, 0.3) is 11.0 Å². The number of ether oxygens (including phenoxy) is 3. The molecule has 9 heteroatoms. The number of nitrogens with zero attached hydrogens (tertiary/aromatic N) is 1. The minimum atomic E-state index is -0.864. The minimum Gasteiger partial charge on any atom is -0.503 e. The number of methoxy groups -OCH3 is 2. The van der Waals surface area contributed by atoms with Gasteiger partial charge in [0, 0.05) is 10.4 Å². The summed E-state index contributed by atoms with van der Waals surface area (Å²) in [5.74, 6) is -0.00762. The lowest BCUT2D eigenvalue weighted by atomic mass is 9.95. The second-order valence-corrected chi connectivity index (χ2v) is 9.02. The van der Waals surface area contributed by atoms with Gasteiger partial charge in [0.1, 0.15) is 29.4 Å². The zero-order valence-electron chi connectivity index (χ0n) is 20.6. The van der Waals surface area contributed by atoms with Crippen LogP contribution in [0.3, 0.4) is 0 Å². The Balaban J connectivity index is 1.45. The third kappa shape index (κ3) is 4.78. The lowest BCUT2D eigenvalue weighted by Gasteiger charge is -2.26. The average molecular weight is 534 g/mol. The van der Waals surface area contributed by atoms with Crippen LogP contribution in [-0.4, -0.2) is 49.1 Å². The molecule has 1 unspecified atom stereocenters. The Labute approximate surface area is 223 Å². The predicted octanol–water partition coefficient (Wildman–Crippen LogP) is 5.76. The summed E-state index contributed by atoms with van der Waals surface area (Å²) in [4.78, 5) is 28.3. The molecule has 1 amide bonds. The fraction of sp³-hybridized carbons (Fsp3) is 0.172. The zero-order valence-corrected chi connectivity index (χ0v) is 21.4. The molecule has 0 saturated carbocycles. The molecule has 0 fully saturated rings. The van der Waals surface area contributed by atoms with Crippen molar-refractivity contribution >= 4 is 34.3 Å². The van der Waals surface area contributed by atoms with Crippen LogP contribution in [0.2, 0.25) is 5.02 Å². The number of furan rings is 1. The summed E-state index contributed by atoms with van der Waals surface area (Å²) in [7, 11) is 3.12. The molecule has 0 aliphatic carbocycles. The highest BCUT2D eigenvalue weighted by molar-refractivity contribution is 6.31. The number of carbonyl (C=O) groups excluding carboxylic acids is 2. The number of carbonyl (C=O) groups is 2. The summed E-state index contributed by atoms with van der Waals surface area (Å²) >= 11 is 6.08. The van der Waals surface area contributed by atoms with Crippen molar-refractivity contribution in [3.05, 3.63) is 100 Å². The van der Waals surface area contributed by atoms with Crippen molar-refractivity contribution in [3.63, 3.8) is 0 Å². The molecule has 5 rings (SSSR count). The van der Waals surface area contributed by atoms with Gasteiger partial charge in [0.2, 0.25) is 5.78 Å². The van der Waals surface area contributed by atoms with Crippen molar-refractivity contribution in [2.24, 2.45) is 0 Å². The van der Waals surface area contributed by atoms with Crippen LogP contribution in [0.1, 0.15) is 22.2 Å². The Kier molecular flexibility index (Phi) is 6.98. The Morgan fingerprint density at radius 3 is 2.24 bits per heavy atom. The number of hydrogen-bond acceptors (Lipinski definition) is 7. The summed E-state index contributed by atoms with van der Waals surface area (Å²) in [6, 6.07) is 19.7. The largest absolute Gasteiger partial charge is 0.503 e. The van der Waals surface area contributed by atoms with E-state index in [2.05, 4.69) is 0 Å². The molecule has 1 N–H and O–H groups in total. The van der Waals surface area contributed by atoms with Gasteiger partial charge in [0.25, 0.3) is 5.91 Å². The summed E-state index contributed by atoms with van der Waals surface area (Å²) < 4.78 is 22.0. The predicted molar refractivity (Wildman–Crippen MR) is 141 cm³/mol. The lowest BCUT2D eigenvalue weighted by Crippen LogP contribution is -2.34. The van der Waals surface area contributed by atoms with E-state index in [4.69, 9.17) is 30.2 Å². The smallest absolute Gasteiger partial charge is 0.290 e. The molecule has 3 aromatic carbocycles. The molecule has 4 aromatic rings. The maximum Gasteiger partial charge on any atom is 0.290 e. The maximum absolute atomic E-state index is 13.7. The Morgan fingerprint density at radius 1 is 0.947 bits per heavy atom. The third-order valence-corrected chi connectivity index (χ3v) is 6.58. The number of benzene rings is 3. The van der Waals surface area contributed by atoms with Crippen LogP contribution in [-0.2, 0) is 4.79 Å². The highest BCUT2D eigenvalue weighted by Crippen LogP contribution is 2.40. The van der Waals surface area contributed by atoms with E-state index in [9.17, 15) is 14.7 Å². The fourth-order valence-corrected chi connectivity index (χ4v) is 4.62. The molecule has 194 valence electrons. The Hall–Kier alpha value is -4.43. The van der Waals surface area contributed by atoms with Crippen LogP contribution in [0.4, 0.5) is 0 Å². The van der Waals surface area contributed by atoms with Gasteiger partial charge in [-0.1, -0.05) is 23.7 Å². The number of hydrogen-bond donors (Lipinski definition) is 1. The van der Waals surface area contributed by atoms with Crippen molar-refractivity contribution in [1.82, 2.24) is 4.90 Å². The van der Waals surface area contributed by atoms with E-state index < -0.39 is 23.5 Å². The van der Waals surface area contributed by atoms with Crippen molar-refractivity contribution < 1.29 is 33.3 Å². The van der Waals surface area contributed by atoms with Crippen molar-refractivity contribution in [1.29, 1.82) is 0 Å². The Morgan fingerprint density at radius 2 is 1.58 bits per heavy atom. The van der Waals surface area contributed by atoms with Crippen molar-refractivity contribution in [2.75, 3.05) is 27.4 Å². The first kappa shape index (κ1) is 25.2. The summed E-state index contributed by atoms with van der Waals surface area (Å²) in [6.07, 6.45) is 0. The topological polar surface area (TPSA) is 98.4 Å². The standard InChI is InChI=1S/C29H24ClNO7/c1-35-20-6-3-17(4-7-20)26-25(27(32)24-16-18-15-19(30)5-12-23(18)38-24)28(33)29(34)31(26)13-14-37-22-10-8-21(36-2)9-11-22/h3-12,15-16,26,33H,13-14H2,1-2H3. The Bertz CT molecular complexity index is 1520. The number of halogens is 1. The molecule has 8 nitrogen and oxygen atoms in total. The minimum absolute atomic E-state index is 0.00791. The van der Waals surface area contributed by atoms with Crippen molar-refractivity contribution in [2.45, 2.75) is 6.04 Å². The van der Waals surface area contributed by atoms with Gasteiger partial charge in [0.15, 0.2) is 11.5 Å². The van der Waals surface area contributed by atoms with Gasteiger partial charge < -0.3 is 28.6 Å². The van der Waals surface area contributed by atoms with Gasteiger partial charge >= 0.3 is 0 Å². The molecule has 0 bridgehead atoms. The number of Topliss-reactive ketones (excluding diaryl/α,β-unsaturated/α-hetero) is 1.